The van der Waals surface area contributed by atoms with E-state index in [-0.39, 0.29) is 20.9 Å². The maximum atomic E-state index is 13.7. The average Bonchev–Trinajstić information content (AvgIpc) is 3.36. The van der Waals surface area contributed by atoms with Crippen LogP contribution in [0.5, 0.6) is 0 Å². The third-order valence-electron chi connectivity index (χ3n) is 7.63. The molecule has 2 aliphatic heterocycles. The minimum Gasteiger partial charge on any atom is -0.444 e. The van der Waals surface area contributed by atoms with E-state index in [4.69, 9.17) is 16.3 Å². The van der Waals surface area contributed by atoms with E-state index in [0.717, 1.165) is 19.0 Å². The Hall–Kier alpha value is -2.71. The first-order valence-electron chi connectivity index (χ1n) is 14.3. The van der Waals surface area contributed by atoms with Gasteiger partial charge in [-0.1, -0.05) is 36.6 Å². The number of halogens is 2. The number of carbonyl (C=O) groups is 4. The van der Waals surface area contributed by atoms with Gasteiger partial charge in [-0.25, -0.2) is 22.9 Å². The molecule has 1 saturated heterocycles. The summed E-state index contributed by atoms with van der Waals surface area (Å²) in [5.41, 5.74) is -2.26. The van der Waals surface area contributed by atoms with Gasteiger partial charge in [0.15, 0.2) is 0 Å². The molecule has 4 atom stereocenters. The van der Waals surface area contributed by atoms with Crippen LogP contribution in [0.4, 0.5) is 4.79 Å². The number of carbonyl (C=O) groups excluding carboxylic acids is 4. The number of nitrogens with zero attached hydrogens (tertiary/aromatic N) is 2. The third-order valence-corrected chi connectivity index (χ3v) is 10.1. The summed E-state index contributed by atoms with van der Waals surface area (Å²) in [7, 11) is -4.34. The lowest BCUT2D eigenvalue weighted by Crippen LogP contribution is -2.58. The molecule has 0 unspecified atom stereocenters. The lowest BCUT2D eigenvalue weighted by molar-refractivity contribution is -0.141. The first-order chi connectivity index (χ1) is 20.1. The predicted octanol–water partition coefficient (Wildman–Crippen LogP) is 3.58. The molecule has 2 fully saturated rings. The van der Waals surface area contributed by atoms with Gasteiger partial charge in [0, 0.05) is 18.7 Å². The number of rotatable bonds is 4. The number of sulfonamides is 1. The molecule has 4 amide bonds. The SMILES string of the molecule is CC(C)(C)OC(=O)N[C@H]1CCCCCC=C[C@@H]2C[C@@]2(C(=O)NS(=O)(=O)c2cnc(Cl)c(Br)c2)NC(=O)[C@@H]2CCCN2C1=O. The topological polar surface area (TPSA) is 164 Å². The summed E-state index contributed by atoms with van der Waals surface area (Å²) < 4.78 is 33.8. The number of ether oxygens (including phenoxy) is 1. The Morgan fingerprint density at radius 3 is 2.63 bits per heavy atom. The smallest absolute Gasteiger partial charge is 0.408 e. The Balaban J connectivity index is 1.57. The Bertz CT molecular complexity index is 1420. The molecule has 1 aromatic heterocycles. The molecule has 0 radical (unpaired) electrons. The molecule has 236 valence electrons. The van der Waals surface area contributed by atoms with Gasteiger partial charge in [-0.2, -0.15) is 0 Å². The molecule has 0 spiro atoms. The molecule has 3 aliphatic rings. The molecule has 15 heteroatoms. The molecule has 4 rings (SSSR count). The minimum atomic E-state index is -4.34. The number of amides is 4. The monoisotopic (exact) mass is 701 g/mol. The number of hydrogen-bond donors (Lipinski definition) is 3. The number of aromatic nitrogens is 1. The van der Waals surface area contributed by atoms with E-state index in [1.807, 2.05) is 12.2 Å². The van der Waals surface area contributed by atoms with E-state index in [1.54, 1.807) is 20.8 Å². The van der Waals surface area contributed by atoms with E-state index in [2.05, 4.69) is 36.3 Å². The summed E-state index contributed by atoms with van der Waals surface area (Å²) >= 11 is 9.02. The Kier molecular flexibility index (Phi) is 10.1. The average molecular weight is 703 g/mol. The Morgan fingerprint density at radius 2 is 1.93 bits per heavy atom. The zero-order valence-electron chi connectivity index (χ0n) is 24.3. The molecule has 3 heterocycles. The second-order valence-corrected chi connectivity index (χ2v) is 15.0. The van der Waals surface area contributed by atoms with Crippen molar-refractivity contribution < 1.29 is 32.3 Å². The van der Waals surface area contributed by atoms with Crippen molar-refractivity contribution in [1.29, 1.82) is 0 Å². The van der Waals surface area contributed by atoms with E-state index >= 15 is 0 Å². The number of hydrogen-bond acceptors (Lipinski definition) is 8. The van der Waals surface area contributed by atoms with Crippen LogP contribution in [0.3, 0.4) is 0 Å². The molecule has 3 N–H and O–H groups in total. The van der Waals surface area contributed by atoms with Crippen molar-refractivity contribution in [1.82, 2.24) is 25.2 Å². The lowest BCUT2D eigenvalue weighted by atomic mass is 10.0. The molecule has 1 aromatic rings. The van der Waals surface area contributed by atoms with Gasteiger partial charge < -0.3 is 20.3 Å². The van der Waals surface area contributed by atoms with Crippen LogP contribution in [-0.2, 0) is 29.1 Å². The van der Waals surface area contributed by atoms with Gasteiger partial charge in [0.05, 0.1) is 4.47 Å². The van der Waals surface area contributed by atoms with Crippen LogP contribution in [0, 0.1) is 5.92 Å². The fourth-order valence-electron chi connectivity index (χ4n) is 5.37. The molecular weight excluding hydrogens is 666 g/mol. The first-order valence-corrected chi connectivity index (χ1v) is 17.0. The zero-order valence-corrected chi connectivity index (χ0v) is 27.5. The van der Waals surface area contributed by atoms with Crippen molar-refractivity contribution in [2.24, 2.45) is 5.92 Å². The molecule has 43 heavy (non-hydrogen) atoms. The summed E-state index contributed by atoms with van der Waals surface area (Å²) in [6, 6.07) is -0.540. The number of pyridine rings is 1. The van der Waals surface area contributed by atoms with Crippen molar-refractivity contribution in [3.05, 3.63) is 34.0 Å². The van der Waals surface area contributed by atoms with Crippen LogP contribution in [-0.4, -0.2) is 71.9 Å². The Labute approximate surface area is 264 Å². The van der Waals surface area contributed by atoms with Gasteiger partial charge in [-0.15, -0.1) is 0 Å². The van der Waals surface area contributed by atoms with Crippen LogP contribution in [0.2, 0.25) is 5.15 Å². The second kappa shape index (κ2) is 13.1. The van der Waals surface area contributed by atoms with Crippen LogP contribution in [0.15, 0.2) is 33.8 Å². The summed E-state index contributed by atoms with van der Waals surface area (Å²) in [4.78, 5) is 58.4. The second-order valence-electron chi connectivity index (χ2n) is 12.1. The van der Waals surface area contributed by atoms with E-state index in [1.165, 1.54) is 11.0 Å². The maximum absolute atomic E-state index is 13.7. The summed E-state index contributed by atoms with van der Waals surface area (Å²) in [5.74, 6) is -2.27. The van der Waals surface area contributed by atoms with Crippen molar-refractivity contribution in [2.45, 2.75) is 100 Å². The van der Waals surface area contributed by atoms with Gasteiger partial charge in [0.25, 0.3) is 15.9 Å². The number of nitrogens with one attached hydrogen (secondary N) is 3. The maximum Gasteiger partial charge on any atom is 0.408 e. The van der Waals surface area contributed by atoms with Crippen LogP contribution in [0.1, 0.15) is 72.1 Å². The van der Waals surface area contributed by atoms with Gasteiger partial charge in [-0.05, 0) is 81.3 Å². The first kappa shape index (κ1) is 33.2. The highest BCUT2D eigenvalue weighted by atomic mass is 79.9. The predicted molar refractivity (Wildman–Crippen MR) is 161 cm³/mol. The van der Waals surface area contributed by atoms with E-state index < -0.39 is 63.0 Å². The standard InChI is InChI=1S/C28H37BrClN5O7S/c1-27(2,3)42-26(39)32-20-11-8-6-4-5-7-10-17-15-28(17,33-23(36)21-12-9-13-35(21)24(20)37)25(38)34-43(40,41)18-14-19(29)22(30)31-16-18/h7,10,14,16-17,20-21H,4-6,8-9,11-13,15H2,1-3H3,(H,32,39)(H,33,36)(H,34,38)/t17-,20+,21+,28-/m1/s1. The van der Waals surface area contributed by atoms with Gasteiger partial charge in [0.1, 0.15) is 33.3 Å². The summed E-state index contributed by atoms with van der Waals surface area (Å²) in [6.07, 6.45) is 8.53. The van der Waals surface area contributed by atoms with E-state index in [0.29, 0.717) is 38.6 Å². The van der Waals surface area contributed by atoms with Crippen molar-refractivity contribution in [3.8, 4) is 0 Å². The quantitative estimate of drug-likeness (QED) is 0.317. The molecule has 0 aromatic carbocycles. The van der Waals surface area contributed by atoms with Crippen molar-refractivity contribution in [2.75, 3.05) is 6.54 Å². The van der Waals surface area contributed by atoms with Gasteiger partial charge in [-0.3, -0.25) is 14.4 Å². The molecule has 1 aliphatic carbocycles. The lowest BCUT2D eigenvalue weighted by Gasteiger charge is -2.30. The van der Waals surface area contributed by atoms with Crippen molar-refractivity contribution in [3.63, 3.8) is 0 Å². The zero-order chi connectivity index (χ0) is 31.6. The number of fused-ring (bicyclic) bond motifs is 2. The van der Waals surface area contributed by atoms with Gasteiger partial charge >= 0.3 is 6.09 Å². The molecule has 1 saturated carbocycles. The third kappa shape index (κ3) is 8.07. The molecule has 12 nitrogen and oxygen atoms in total. The highest BCUT2D eigenvalue weighted by Gasteiger charge is 2.61. The summed E-state index contributed by atoms with van der Waals surface area (Å²) in [5, 5.41) is 5.54. The van der Waals surface area contributed by atoms with E-state index in [9.17, 15) is 27.6 Å². The normalized spacial score (nSPS) is 26.7. The molecular formula is C28H37BrClN5O7S. The van der Waals surface area contributed by atoms with Crippen LogP contribution < -0.4 is 15.4 Å². The minimum absolute atomic E-state index is 0.0598. The number of alkyl carbamates (subject to hydrolysis) is 1. The Morgan fingerprint density at radius 1 is 1.19 bits per heavy atom. The summed E-state index contributed by atoms with van der Waals surface area (Å²) in [6.45, 7) is 5.49. The van der Waals surface area contributed by atoms with Gasteiger partial charge in [0.2, 0.25) is 11.8 Å². The number of allylic oxidation sites excluding steroid dienone is 1. The highest BCUT2D eigenvalue weighted by Crippen LogP contribution is 2.46. The fraction of sp³-hybridized carbons (Fsp3) is 0.607. The van der Waals surface area contributed by atoms with Crippen LogP contribution in [0.25, 0.3) is 0 Å². The highest BCUT2D eigenvalue weighted by molar-refractivity contribution is 9.10. The van der Waals surface area contributed by atoms with Crippen LogP contribution >= 0.6 is 27.5 Å². The molecule has 0 bridgehead atoms. The van der Waals surface area contributed by atoms with Crippen molar-refractivity contribution >= 4 is 61.4 Å². The largest absolute Gasteiger partial charge is 0.444 e. The fourth-order valence-corrected chi connectivity index (χ4v) is 6.98.